The van der Waals surface area contributed by atoms with Crippen molar-refractivity contribution >= 4 is 47.8 Å². The van der Waals surface area contributed by atoms with E-state index in [1.165, 1.54) is 12.1 Å². The summed E-state index contributed by atoms with van der Waals surface area (Å²) in [6.07, 6.45) is 1.61. The van der Waals surface area contributed by atoms with Gasteiger partial charge in [-0.15, -0.1) is 0 Å². The van der Waals surface area contributed by atoms with Crippen LogP contribution >= 0.6 is 47.8 Å². The molecule has 106 valence electrons. The molecular formula is C13H9Br3F2N2. The third-order valence-corrected chi connectivity index (χ3v) is 4.43. The SMILES string of the molecule is NC(Cc1c(F)ccc(Br)c1F)c1ncc(Br)cc1Br. The molecule has 1 heterocycles. The van der Waals surface area contributed by atoms with Gasteiger partial charge in [0.05, 0.1) is 16.2 Å². The smallest absolute Gasteiger partial charge is 0.143 e. The predicted octanol–water partition coefficient (Wildman–Crippen LogP) is 4.89. The molecule has 1 atom stereocenters. The van der Waals surface area contributed by atoms with Gasteiger partial charge in [-0.3, -0.25) is 4.98 Å². The van der Waals surface area contributed by atoms with Gasteiger partial charge in [0.25, 0.3) is 0 Å². The molecule has 2 N–H and O–H groups in total. The fourth-order valence-corrected chi connectivity index (χ4v) is 3.42. The number of pyridine rings is 1. The van der Waals surface area contributed by atoms with Gasteiger partial charge < -0.3 is 5.73 Å². The van der Waals surface area contributed by atoms with Crippen molar-refractivity contribution in [3.8, 4) is 0 Å². The maximum absolute atomic E-state index is 13.9. The van der Waals surface area contributed by atoms with E-state index in [1.807, 2.05) is 0 Å². The second-order valence-electron chi connectivity index (χ2n) is 4.15. The molecule has 0 amide bonds. The summed E-state index contributed by atoms with van der Waals surface area (Å²) in [7, 11) is 0. The molecule has 0 aliphatic carbocycles. The number of hydrogen-bond donors (Lipinski definition) is 1. The first-order valence-corrected chi connectivity index (χ1v) is 7.97. The number of benzene rings is 1. The van der Waals surface area contributed by atoms with E-state index in [4.69, 9.17) is 5.73 Å². The molecule has 0 aliphatic heterocycles. The molecule has 0 radical (unpaired) electrons. The first-order valence-electron chi connectivity index (χ1n) is 5.59. The van der Waals surface area contributed by atoms with Crippen LogP contribution in [0.5, 0.6) is 0 Å². The zero-order valence-electron chi connectivity index (χ0n) is 10.0. The van der Waals surface area contributed by atoms with E-state index in [2.05, 4.69) is 52.8 Å². The topological polar surface area (TPSA) is 38.9 Å². The highest BCUT2D eigenvalue weighted by atomic mass is 79.9. The van der Waals surface area contributed by atoms with Gasteiger partial charge in [0.1, 0.15) is 11.6 Å². The summed E-state index contributed by atoms with van der Waals surface area (Å²) >= 11 is 9.67. The van der Waals surface area contributed by atoms with Crippen LogP contribution in [0.25, 0.3) is 0 Å². The van der Waals surface area contributed by atoms with Gasteiger partial charge in [-0.25, -0.2) is 8.78 Å². The van der Waals surface area contributed by atoms with Crippen molar-refractivity contribution in [3.63, 3.8) is 0 Å². The number of rotatable bonds is 3. The molecule has 2 rings (SSSR count). The van der Waals surface area contributed by atoms with E-state index in [0.29, 0.717) is 10.2 Å². The van der Waals surface area contributed by atoms with Gasteiger partial charge >= 0.3 is 0 Å². The Kier molecular flexibility index (Phi) is 5.28. The highest BCUT2D eigenvalue weighted by molar-refractivity contribution is 9.11. The molecule has 0 spiro atoms. The second kappa shape index (κ2) is 6.60. The van der Waals surface area contributed by atoms with Crippen molar-refractivity contribution in [2.45, 2.75) is 12.5 Å². The van der Waals surface area contributed by atoms with Crippen molar-refractivity contribution in [1.82, 2.24) is 4.98 Å². The maximum atomic E-state index is 13.9. The lowest BCUT2D eigenvalue weighted by Gasteiger charge is -2.14. The minimum atomic E-state index is -0.631. The fraction of sp³-hybridized carbons (Fsp3) is 0.154. The molecule has 0 aliphatic rings. The number of halogens is 5. The Balaban J connectivity index is 2.32. The van der Waals surface area contributed by atoms with Crippen molar-refractivity contribution in [3.05, 3.63) is 60.7 Å². The Morgan fingerprint density at radius 1 is 1.15 bits per heavy atom. The van der Waals surface area contributed by atoms with E-state index in [1.54, 1.807) is 12.3 Å². The Labute approximate surface area is 140 Å². The summed E-state index contributed by atoms with van der Waals surface area (Å²) in [5.74, 6) is -1.25. The standard InChI is InChI=1S/C13H9Br3F2N2/c14-6-3-9(16)13(20-5-6)11(19)4-7-10(17)2-1-8(15)12(7)18/h1-3,5,11H,4,19H2. The molecule has 0 fully saturated rings. The Bertz CT molecular complexity index is 650. The minimum Gasteiger partial charge on any atom is -0.322 e. The van der Waals surface area contributed by atoms with Gasteiger partial charge in [0.15, 0.2) is 0 Å². The molecule has 7 heteroatoms. The van der Waals surface area contributed by atoms with Crippen LogP contribution in [0, 0.1) is 11.6 Å². The van der Waals surface area contributed by atoms with Gasteiger partial charge in [0, 0.05) is 20.7 Å². The van der Waals surface area contributed by atoms with Crippen molar-refractivity contribution in [2.75, 3.05) is 0 Å². The van der Waals surface area contributed by atoms with Crippen LogP contribution in [0.2, 0.25) is 0 Å². The van der Waals surface area contributed by atoms with E-state index >= 15 is 0 Å². The fourth-order valence-electron chi connectivity index (χ4n) is 1.77. The van der Waals surface area contributed by atoms with Crippen LogP contribution in [0.15, 0.2) is 37.8 Å². The lowest BCUT2D eigenvalue weighted by atomic mass is 10.0. The van der Waals surface area contributed by atoms with E-state index in [-0.39, 0.29) is 16.5 Å². The Morgan fingerprint density at radius 3 is 2.50 bits per heavy atom. The highest BCUT2D eigenvalue weighted by Crippen LogP contribution is 2.28. The Hall–Kier alpha value is -0.370. The summed E-state index contributed by atoms with van der Waals surface area (Å²) in [5, 5.41) is 0. The number of hydrogen-bond acceptors (Lipinski definition) is 2. The van der Waals surface area contributed by atoms with Crippen molar-refractivity contribution < 1.29 is 8.78 Å². The lowest BCUT2D eigenvalue weighted by Crippen LogP contribution is -2.17. The molecule has 1 aromatic heterocycles. The van der Waals surface area contributed by atoms with E-state index in [0.717, 1.165) is 4.47 Å². The normalized spacial score (nSPS) is 12.5. The van der Waals surface area contributed by atoms with Crippen molar-refractivity contribution in [1.29, 1.82) is 0 Å². The molecule has 20 heavy (non-hydrogen) atoms. The van der Waals surface area contributed by atoms with Gasteiger partial charge in [-0.1, -0.05) is 0 Å². The largest absolute Gasteiger partial charge is 0.322 e. The quantitative estimate of drug-likeness (QED) is 0.649. The molecule has 1 unspecified atom stereocenters. The summed E-state index contributed by atoms with van der Waals surface area (Å²) in [6.45, 7) is 0. The molecule has 0 saturated heterocycles. The summed E-state index contributed by atoms with van der Waals surface area (Å²) in [6, 6.07) is 3.71. The molecule has 0 saturated carbocycles. The number of nitrogens with zero attached hydrogens (tertiary/aromatic N) is 1. The lowest BCUT2D eigenvalue weighted by molar-refractivity contribution is 0.533. The van der Waals surface area contributed by atoms with E-state index in [9.17, 15) is 8.78 Å². The van der Waals surface area contributed by atoms with Crippen LogP contribution in [-0.2, 0) is 6.42 Å². The third kappa shape index (κ3) is 3.44. The molecule has 1 aromatic carbocycles. The van der Waals surface area contributed by atoms with Gasteiger partial charge in [-0.05, 0) is 72.4 Å². The average Bonchev–Trinajstić information content (AvgIpc) is 2.39. The van der Waals surface area contributed by atoms with Crippen LogP contribution < -0.4 is 5.73 Å². The molecule has 2 nitrogen and oxygen atoms in total. The highest BCUT2D eigenvalue weighted by Gasteiger charge is 2.19. The second-order valence-corrected chi connectivity index (χ2v) is 6.78. The maximum Gasteiger partial charge on any atom is 0.143 e. The molecule has 0 bridgehead atoms. The zero-order valence-corrected chi connectivity index (χ0v) is 14.8. The Morgan fingerprint density at radius 2 is 1.85 bits per heavy atom. The van der Waals surface area contributed by atoms with Gasteiger partial charge in [0.2, 0.25) is 0 Å². The first kappa shape index (κ1) is 16.0. The average molecular weight is 471 g/mol. The van der Waals surface area contributed by atoms with Crippen LogP contribution in [-0.4, -0.2) is 4.98 Å². The molecule has 2 aromatic rings. The minimum absolute atomic E-state index is 0.0182. The summed E-state index contributed by atoms with van der Waals surface area (Å²) in [4.78, 5) is 4.18. The van der Waals surface area contributed by atoms with Gasteiger partial charge in [-0.2, -0.15) is 0 Å². The van der Waals surface area contributed by atoms with Crippen LogP contribution in [0.4, 0.5) is 8.78 Å². The predicted molar refractivity (Wildman–Crippen MR) is 84.3 cm³/mol. The monoisotopic (exact) mass is 468 g/mol. The zero-order chi connectivity index (χ0) is 14.9. The number of aromatic nitrogens is 1. The summed E-state index contributed by atoms with van der Waals surface area (Å²) in [5.41, 5.74) is 6.51. The van der Waals surface area contributed by atoms with Crippen molar-refractivity contribution in [2.24, 2.45) is 5.73 Å². The van der Waals surface area contributed by atoms with Crippen LogP contribution in [0.1, 0.15) is 17.3 Å². The summed E-state index contributed by atoms with van der Waals surface area (Å²) < 4.78 is 29.3. The van der Waals surface area contributed by atoms with E-state index < -0.39 is 17.7 Å². The third-order valence-electron chi connectivity index (χ3n) is 2.75. The first-order chi connectivity index (χ1) is 9.40. The molecular weight excluding hydrogens is 462 g/mol. The number of nitrogens with two attached hydrogens (primary N) is 1. The van der Waals surface area contributed by atoms with Crippen LogP contribution in [0.3, 0.4) is 0 Å².